The molecule has 2 heteroatoms. The second kappa shape index (κ2) is 5.03. The summed E-state index contributed by atoms with van der Waals surface area (Å²) >= 11 is 0. The van der Waals surface area contributed by atoms with Crippen molar-refractivity contribution in [3.8, 4) is 0 Å². The predicted octanol–water partition coefficient (Wildman–Crippen LogP) is 5.36. The average Bonchev–Trinajstić information content (AvgIpc) is 3.02. The summed E-state index contributed by atoms with van der Waals surface area (Å²) in [7, 11) is 0. The van der Waals surface area contributed by atoms with Gasteiger partial charge in [0, 0.05) is 23.5 Å². The van der Waals surface area contributed by atoms with Crippen molar-refractivity contribution in [1.29, 1.82) is 0 Å². The minimum atomic E-state index is 0.534. The molecule has 26 heavy (non-hydrogen) atoms. The summed E-state index contributed by atoms with van der Waals surface area (Å²) in [5.74, 6) is 6.37. The van der Waals surface area contributed by atoms with Crippen molar-refractivity contribution in [3.63, 3.8) is 0 Å². The van der Waals surface area contributed by atoms with E-state index >= 15 is 0 Å². The Bertz CT molecular complexity index is 587. The third kappa shape index (κ3) is 2.05. The second-order valence-corrected chi connectivity index (χ2v) is 12.0. The van der Waals surface area contributed by atoms with Crippen LogP contribution in [0.3, 0.4) is 0 Å². The van der Waals surface area contributed by atoms with Crippen LogP contribution < -0.4 is 0 Å². The first-order valence-electron chi connectivity index (χ1n) is 11.9. The quantitative estimate of drug-likeness (QED) is 0.660. The monoisotopic (exact) mass is 352 g/mol. The van der Waals surface area contributed by atoms with E-state index in [1.165, 1.54) is 51.6 Å². The molecule has 0 aromatic carbocycles. The van der Waals surface area contributed by atoms with Crippen molar-refractivity contribution in [2.75, 3.05) is 6.67 Å². The van der Waals surface area contributed by atoms with Crippen LogP contribution in [0.25, 0.3) is 0 Å². The lowest BCUT2D eigenvalue weighted by molar-refractivity contribution is -0.0853. The van der Waals surface area contributed by atoms with E-state index in [1.54, 1.807) is 38.5 Å². The fraction of sp³-hybridized carbons (Fsp3) is 0.917. The van der Waals surface area contributed by atoms with Crippen LogP contribution in [0.15, 0.2) is 12.4 Å². The minimum absolute atomic E-state index is 0.534. The van der Waals surface area contributed by atoms with Crippen molar-refractivity contribution in [1.82, 2.24) is 9.80 Å². The summed E-state index contributed by atoms with van der Waals surface area (Å²) in [5, 5.41) is 0. The van der Waals surface area contributed by atoms with Crippen LogP contribution in [-0.4, -0.2) is 27.5 Å². The van der Waals surface area contributed by atoms with Gasteiger partial charge in [-0.25, -0.2) is 0 Å². The highest BCUT2D eigenvalue weighted by atomic mass is 15.4. The first-order valence-corrected chi connectivity index (χ1v) is 11.9. The van der Waals surface area contributed by atoms with Crippen LogP contribution in [-0.2, 0) is 0 Å². The van der Waals surface area contributed by atoms with E-state index in [9.17, 15) is 0 Å². The molecule has 9 rings (SSSR count). The molecule has 0 N–H and O–H groups in total. The highest BCUT2D eigenvalue weighted by Gasteiger charge is 2.56. The molecule has 2 unspecified atom stereocenters. The Kier molecular flexibility index (Phi) is 2.96. The molecule has 1 heterocycles. The lowest BCUT2D eigenvalue weighted by Crippen LogP contribution is -2.60. The fourth-order valence-corrected chi connectivity index (χ4v) is 9.94. The van der Waals surface area contributed by atoms with Gasteiger partial charge >= 0.3 is 0 Å². The normalized spacial score (nSPS) is 56.6. The van der Waals surface area contributed by atoms with E-state index in [0.29, 0.717) is 11.1 Å². The largest absolute Gasteiger partial charge is 0.353 e. The van der Waals surface area contributed by atoms with E-state index in [-0.39, 0.29) is 0 Å². The first kappa shape index (κ1) is 15.3. The van der Waals surface area contributed by atoms with Crippen molar-refractivity contribution >= 4 is 0 Å². The second-order valence-electron chi connectivity index (χ2n) is 12.0. The smallest absolute Gasteiger partial charge is 0.0904 e. The fourth-order valence-electron chi connectivity index (χ4n) is 9.94. The van der Waals surface area contributed by atoms with Gasteiger partial charge in [0.1, 0.15) is 0 Å². The van der Waals surface area contributed by atoms with Crippen molar-refractivity contribution in [3.05, 3.63) is 12.4 Å². The molecular formula is C24H36N2. The lowest BCUT2D eigenvalue weighted by atomic mass is 9.52. The molecule has 0 saturated heterocycles. The van der Waals surface area contributed by atoms with Crippen LogP contribution in [0.1, 0.15) is 83.5 Å². The Hall–Kier alpha value is -0.660. The van der Waals surface area contributed by atoms with E-state index in [2.05, 4.69) is 22.2 Å². The van der Waals surface area contributed by atoms with Crippen molar-refractivity contribution in [2.24, 2.45) is 35.5 Å². The maximum absolute atomic E-state index is 2.87. The zero-order chi connectivity index (χ0) is 16.9. The Morgan fingerprint density at radius 1 is 0.538 bits per heavy atom. The van der Waals surface area contributed by atoms with Gasteiger partial charge in [-0.1, -0.05) is 0 Å². The zero-order valence-corrected chi connectivity index (χ0v) is 16.4. The third-order valence-electron chi connectivity index (χ3n) is 10.3. The average molecular weight is 353 g/mol. The molecule has 2 nitrogen and oxygen atoms in total. The molecule has 142 valence electrons. The molecule has 1 aliphatic heterocycles. The van der Waals surface area contributed by atoms with Crippen molar-refractivity contribution < 1.29 is 0 Å². The Balaban J connectivity index is 1.16. The van der Waals surface area contributed by atoms with E-state index in [0.717, 1.165) is 35.5 Å². The maximum Gasteiger partial charge on any atom is 0.0904 e. The number of nitrogens with zero attached hydrogens (tertiary/aromatic N) is 2. The van der Waals surface area contributed by atoms with Crippen LogP contribution in [0.2, 0.25) is 0 Å². The summed E-state index contributed by atoms with van der Waals surface area (Å²) < 4.78 is 0. The van der Waals surface area contributed by atoms with E-state index in [4.69, 9.17) is 0 Å². The molecular weight excluding hydrogens is 316 g/mol. The van der Waals surface area contributed by atoms with Crippen molar-refractivity contribution in [2.45, 2.75) is 94.5 Å². The number of fused-ring (bicyclic) bond motifs is 1. The van der Waals surface area contributed by atoms with E-state index < -0.39 is 0 Å². The first-order chi connectivity index (χ1) is 12.7. The molecule has 8 aliphatic carbocycles. The molecule has 0 radical (unpaired) electrons. The van der Waals surface area contributed by atoms with Gasteiger partial charge < -0.3 is 9.80 Å². The van der Waals surface area contributed by atoms with Gasteiger partial charge in [0.15, 0.2) is 0 Å². The SMILES string of the molecule is C1=CN(C23CC4CC(CC(C4)C2)C3)CN1C12CCC3CC(CC(C3)C1)C2. The van der Waals surface area contributed by atoms with Gasteiger partial charge in [0.05, 0.1) is 6.67 Å². The van der Waals surface area contributed by atoms with Gasteiger partial charge in [-0.3, -0.25) is 0 Å². The third-order valence-corrected chi connectivity index (χ3v) is 10.3. The van der Waals surface area contributed by atoms with Crippen LogP contribution in [0.5, 0.6) is 0 Å². The molecule has 0 amide bonds. The summed E-state index contributed by atoms with van der Waals surface area (Å²) in [6.07, 6.45) is 25.1. The topological polar surface area (TPSA) is 6.48 Å². The number of hydrogen-bond donors (Lipinski definition) is 0. The Morgan fingerprint density at radius 2 is 0.962 bits per heavy atom. The number of hydrogen-bond acceptors (Lipinski definition) is 2. The van der Waals surface area contributed by atoms with Gasteiger partial charge in [-0.2, -0.15) is 0 Å². The van der Waals surface area contributed by atoms with Crippen LogP contribution in [0, 0.1) is 35.5 Å². The van der Waals surface area contributed by atoms with Gasteiger partial charge in [0.2, 0.25) is 0 Å². The number of rotatable bonds is 2. The lowest BCUT2D eigenvalue weighted by Gasteiger charge is -2.60. The van der Waals surface area contributed by atoms with Gasteiger partial charge in [0.25, 0.3) is 0 Å². The summed E-state index contributed by atoms with van der Waals surface area (Å²) in [6.45, 7) is 1.23. The molecule has 8 saturated carbocycles. The molecule has 0 aromatic heterocycles. The highest BCUT2D eigenvalue weighted by molar-refractivity contribution is 5.15. The summed E-state index contributed by atoms with van der Waals surface area (Å²) in [6, 6.07) is 0. The molecule has 8 bridgehead atoms. The standard InChI is InChI=1S/C24H36N2/c1-2-23(11-18-5-17(1)6-19(7-18)12-23)25-3-4-26(16-25)24-13-20-8-21(14-24)10-22(9-20)15-24/h3-4,17-22H,1-2,5-16H2. The molecule has 8 fully saturated rings. The zero-order valence-electron chi connectivity index (χ0n) is 16.4. The van der Waals surface area contributed by atoms with Crippen LogP contribution >= 0.6 is 0 Å². The minimum Gasteiger partial charge on any atom is -0.353 e. The molecule has 9 aliphatic rings. The maximum atomic E-state index is 2.87. The Morgan fingerprint density at radius 3 is 1.50 bits per heavy atom. The molecule has 2 atom stereocenters. The van der Waals surface area contributed by atoms with Gasteiger partial charge in [-0.05, 0) is 119 Å². The van der Waals surface area contributed by atoms with E-state index in [1.807, 2.05) is 0 Å². The molecule has 0 aromatic rings. The Labute approximate surface area is 159 Å². The van der Waals surface area contributed by atoms with Gasteiger partial charge in [-0.15, -0.1) is 0 Å². The summed E-state index contributed by atoms with van der Waals surface area (Å²) in [4.78, 5) is 5.74. The van der Waals surface area contributed by atoms with Crippen LogP contribution in [0.4, 0.5) is 0 Å². The highest BCUT2D eigenvalue weighted by Crippen LogP contribution is 2.60. The summed E-state index contributed by atoms with van der Waals surface area (Å²) in [5.41, 5.74) is 1.09. The predicted molar refractivity (Wildman–Crippen MR) is 104 cm³/mol. The molecule has 0 spiro atoms.